The first-order chi connectivity index (χ1) is 8.33. The lowest BCUT2D eigenvalue weighted by atomic mass is 9.99. The first kappa shape index (κ1) is 14.3. The zero-order valence-electron chi connectivity index (χ0n) is 11.4. The number of aliphatic hydroxyl groups is 1. The van der Waals surface area contributed by atoms with E-state index >= 15 is 0 Å². The number of hydrogen-bond acceptors (Lipinski definition) is 1. The SMILES string of the molecule is CCCCCCCCCCC1=CCCC(O)=C1. The summed E-state index contributed by atoms with van der Waals surface area (Å²) in [5.41, 5.74) is 1.35. The number of rotatable bonds is 9. The van der Waals surface area contributed by atoms with Gasteiger partial charge in [-0.2, -0.15) is 0 Å². The molecule has 1 aliphatic carbocycles. The lowest BCUT2D eigenvalue weighted by Gasteiger charge is -2.09. The summed E-state index contributed by atoms with van der Waals surface area (Å²) < 4.78 is 0. The summed E-state index contributed by atoms with van der Waals surface area (Å²) in [6, 6.07) is 0. The number of unbranched alkanes of at least 4 members (excludes halogenated alkanes) is 7. The smallest absolute Gasteiger partial charge is 0.0928 e. The predicted molar refractivity (Wildman–Crippen MR) is 75.3 cm³/mol. The molecule has 0 heterocycles. The van der Waals surface area contributed by atoms with E-state index in [1.54, 1.807) is 0 Å². The molecule has 0 bridgehead atoms. The van der Waals surface area contributed by atoms with Crippen LogP contribution in [0.5, 0.6) is 0 Å². The molecule has 0 spiro atoms. The molecule has 17 heavy (non-hydrogen) atoms. The van der Waals surface area contributed by atoms with Gasteiger partial charge in [0.25, 0.3) is 0 Å². The Labute approximate surface area is 107 Å². The van der Waals surface area contributed by atoms with Gasteiger partial charge in [0.15, 0.2) is 0 Å². The Morgan fingerprint density at radius 1 is 1.00 bits per heavy atom. The van der Waals surface area contributed by atoms with Crippen molar-refractivity contribution in [2.24, 2.45) is 0 Å². The van der Waals surface area contributed by atoms with Crippen LogP contribution < -0.4 is 0 Å². The van der Waals surface area contributed by atoms with E-state index in [0.717, 1.165) is 19.3 Å². The quantitative estimate of drug-likeness (QED) is 0.511. The number of hydrogen-bond donors (Lipinski definition) is 1. The Kier molecular flexibility index (Phi) is 7.87. The van der Waals surface area contributed by atoms with E-state index in [0.29, 0.717) is 5.76 Å². The molecule has 0 unspecified atom stereocenters. The second-order valence-electron chi connectivity index (χ2n) is 5.18. The van der Waals surface area contributed by atoms with Gasteiger partial charge in [0, 0.05) is 6.42 Å². The highest BCUT2D eigenvalue weighted by molar-refractivity contribution is 5.24. The van der Waals surface area contributed by atoms with Crippen LogP contribution in [-0.4, -0.2) is 5.11 Å². The third kappa shape index (κ3) is 7.25. The second kappa shape index (κ2) is 9.32. The van der Waals surface area contributed by atoms with Crippen LogP contribution in [0.2, 0.25) is 0 Å². The highest BCUT2D eigenvalue weighted by Gasteiger charge is 2.03. The van der Waals surface area contributed by atoms with Crippen molar-refractivity contribution < 1.29 is 5.11 Å². The van der Waals surface area contributed by atoms with Crippen LogP contribution in [0.15, 0.2) is 23.5 Å². The standard InChI is InChI=1S/C16H28O/c1-2-3-4-5-6-7-8-9-11-15-12-10-13-16(17)14-15/h12,14,17H,2-11,13H2,1H3. The van der Waals surface area contributed by atoms with Crippen LogP contribution in [0.1, 0.15) is 77.6 Å². The fraction of sp³-hybridized carbons (Fsp3) is 0.750. The Morgan fingerprint density at radius 2 is 1.65 bits per heavy atom. The molecule has 0 radical (unpaired) electrons. The van der Waals surface area contributed by atoms with Crippen LogP contribution >= 0.6 is 0 Å². The predicted octanol–water partition coefficient (Wildman–Crippen LogP) is 5.68. The van der Waals surface area contributed by atoms with Gasteiger partial charge < -0.3 is 5.11 Å². The maximum absolute atomic E-state index is 9.42. The van der Waals surface area contributed by atoms with Crippen LogP contribution in [0.25, 0.3) is 0 Å². The van der Waals surface area contributed by atoms with Crippen molar-refractivity contribution in [3.8, 4) is 0 Å². The van der Waals surface area contributed by atoms with Crippen molar-refractivity contribution in [1.82, 2.24) is 0 Å². The Hall–Kier alpha value is -0.720. The van der Waals surface area contributed by atoms with Gasteiger partial charge in [-0.15, -0.1) is 0 Å². The second-order valence-corrected chi connectivity index (χ2v) is 5.18. The molecule has 0 aromatic heterocycles. The zero-order valence-corrected chi connectivity index (χ0v) is 11.4. The van der Waals surface area contributed by atoms with Gasteiger partial charge in [-0.25, -0.2) is 0 Å². The van der Waals surface area contributed by atoms with E-state index in [4.69, 9.17) is 0 Å². The van der Waals surface area contributed by atoms with Gasteiger partial charge >= 0.3 is 0 Å². The molecule has 1 rings (SSSR count). The minimum atomic E-state index is 0.571. The third-order valence-electron chi connectivity index (χ3n) is 3.48. The lowest BCUT2D eigenvalue weighted by molar-refractivity contribution is 0.385. The highest BCUT2D eigenvalue weighted by Crippen LogP contribution is 2.20. The van der Waals surface area contributed by atoms with Crippen LogP contribution in [0.3, 0.4) is 0 Å². The minimum Gasteiger partial charge on any atom is -0.512 e. The summed E-state index contributed by atoms with van der Waals surface area (Å²) in [6.07, 6.45) is 18.2. The number of aliphatic hydroxyl groups excluding tert-OH is 1. The van der Waals surface area contributed by atoms with Crippen molar-refractivity contribution in [3.63, 3.8) is 0 Å². The maximum Gasteiger partial charge on any atom is 0.0928 e. The van der Waals surface area contributed by atoms with Crippen molar-refractivity contribution in [2.45, 2.75) is 77.6 Å². The Bertz CT molecular complexity index is 250. The summed E-state index contributed by atoms with van der Waals surface area (Å²) >= 11 is 0. The third-order valence-corrected chi connectivity index (χ3v) is 3.48. The van der Waals surface area contributed by atoms with Gasteiger partial charge in [-0.3, -0.25) is 0 Å². The molecule has 1 N–H and O–H groups in total. The molecule has 1 aliphatic rings. The summed E-state index contributed by atoms with van der Waals surface area (Å²) in [6.45, 7) is 2.26. The average molecular weight is 236 g/mol. The fourth-order valence-corrected chi connectivity index (χ4v) is 2.39. The zero-order chi connectivity index (χ0) is 12.3. The van der Waals surface area contributed by atoms with Gasteiger partial charge in [0.2, 0.25) is 0 Å². The van der Waals surface area contributed by atoms with E-state index < -0.39 is 0 Å². The molecular weight excluding hydrogens is 208 g/mol. The molecule has 0 fully saturated rings. The molecule has 0 aliphatic heterocycles. The van der Waals surface area contributed by atoms with Gasteiger partial charge in [0.05, 0.1) is 5.76 Å². The topological polar surface area (TPSA) is 20.2 Å². The van der Waals surface area contributed by atoms with E-state index in [9.17, 15) is 5.11 Å². The lowest BCUT2D eigenvalue weighted by Crippen LogP contribution is -1.92. The molecule has 0 aromatic rings. The fourth-order valence-electron chi connectivity index (χ4n) is 2.39. The highest BCUT2D eigenvalue weighted by atomic mass is 16.3. The molecule has 0 aromatic carbocycles. The van der Waals surface area contributed by atoms with Gasteiger partial charge in [-0.1, -0.05) is 57.9 Å². The average Bonchev–Trinajstić information content (AvgIpc) is 2.33. The van der Waals surface area contributed by atoms with Crippen molar-refractivity contribution in [2.75, 3.05) is 0 Å². The molecule has 0 atom stereocenters. The van der Waals surface area contributed by atoms with E-state index in [-0.39, 0.29) is 0 Å². The van der Waals surface area contributed by atoms with E-state index in [2.05, 4.69) is 13.0 Å². The summed E-state index contributed by atoms with van der Waals surface area (Å²) in [4.78, 5) is 0. The molecule has 0 saturated heterocycles. The van der Waals surface area contributed by atoms with Crippen LogP contribution in [0, 0.1) is 0 Å². The Balaban J connectivity index is 1.92. The summed E-state index contributed by atoms with van der Waals surface area (Å²) in [7, 11) is 0. The molecule has 1 heteroatoms. The molecule has 1 nitrogen and oxygen atoms in total. The number of allylic oxidation sites excluding steroid dienone is 4. The Morgan fingerprint density at radius 3 is 2.29 bits per heavy atom. The van der Waals surface area contributed by atoms with Gasteiger partial charge in [-0.05, 0) is 30.9 Å². The summed E-state index contributed by atoms with van der Waals surface area (Å²) in [5, 5.41) is 9.42. The van der Waals surface area contributed by atoms with E-state index in [1.165, 1.54) is 56.9 Å². The largest absolute Gasteiger partial charge is 0.512 e. The molecule has 0 amide bonds. The van der Waals surface area contributed by atoms with Crippen molar-refractivity contribution >= 4 is 0 Å². The summed E-state index contributed by atoms with van der Waals surface area (Å²) in [5.74, 6) is 0.571. The first-order valence-electron chi connectivity index (χ1n) is 7.41. The molecule has 0 saturated carbocycles. The maximum atomic E-state index is 9.42. The van der Waals surface area contributed by atoms with Crippen LogP contribution in [-0.2, 0) is 0 Å². The first-order valence-corrected chi connectivity index (χ1v) is 7.41. The molecule has 98 valence electrons. The van der Waals surface area contributed by atoms with Crippen molar-refractivity contribution in [3.05, 3.63) is 23.5 Å². The monoisotopic (exact) mass is 236 g/mol. The van der Waals surface area contributed by atoms with Gasteiger partial charge in [0.1, 0.15) is 0 Å². The normalized spacial score (nSPS) is 15.6. The minimum absolute atomic E-state index is 0.571. The molecular formula is C16H28O. The van der Waals surface area contributed by atoms with E-state index in [1.807, 2.05) is 6.08 Å². The van der Waals surface area contributed by atoms with Crippen molar-refractivity contribution in [1.29, 1.82) is 0 Å². The van der Waals surface area contributed by atoms with Crippen LogP contribution in [0.4, 0.5) is 0 Å².